The van der Waals surface area contributed by atoms with E-state index < -0.39 is 54.8 Å². The number of aromatic nitrogens is 4. The summed E-state index contributed by atoms with van der Waals surface area (Å²) in [6.07, 6.45) is -5.26. The van der Waals surface area contributed by atoms with E-state index in [9.17, 15) is 19.2 Å². The van der Waals surface area contributed by atoms with Crippen molar-refractivity contribution in [1.82, 2.24) is 19.5 Å². The Morgan fingerprint density at radius 2 is 1.17 bits per heavy atom. The maximum atomic E-state index is 13.6. The Balaban J connectivity index is 1.32. The summed E-state index contributed by atoms with van der Waals surface area (Å²) in [5, 5.41) is 0. The summed E-state index contributed by atoms with van der Waals surface area (Å²) in [5.74, 6) is -2.98. The number of carbonyl (C=O) groups excluding carboxylic acids is 4. The first-order chi connectivity index (χ1) is 25.3. The van der Waals surface area contributed by atoms with Gasteiger partial charge in [0.05, 0.1) is 16.7 Å². The van der Waals surface area contributed by atoms with Crippen LogP contribution in [0, 0.1) is 4.77 Å². The van der Waals surface area contributed by atoms with Gasteiger partial charge in [-0.25, -0.2) is 24.4 Å². The second kappa shape index (κ2) is 14.8. The van der Waals surface area contributed by atoms with Crippen LogP contribution in [0.2, 0.25) is 0 Å². The molecular weight excluding hydrogens is 687 g/mol. The fourth-order valence-corrected chi connectivity index (χ4v) is 6.04. The van der Waals surface area contributed by atoms with Crippen molar-refractivity contribution in [2.45, 2.75) is 24.5 Å². The summed E-state index contributed by atoms with van der Waals surface area (Å²) in [6, 6.07) is 33.1. The number of fused-ring (bicyclic) bond motifs is 1. The SMILES string of the molecule is Nc1nc(C(=O)c2ccccc2)nc2c1[nH]c(=S)n2[C@@H]1O[C@H](COC(=O)c2ccccc2)[C@H](OC(=O)c2ccccc2)[C@H]1OC(=O)c1ccccc1. The molecule has 0 saturated carbocycles. The van der Waals surface area contributed by atoms with Gasteiger partial charge in [0.1, 0.15) is 18.2 Å². The molecule has 7 rings (SSSR count). The highest BCUT2D eigenvalue weighted by Gasteiger charge is 2.52. The molecular formula is C38H29N5O8S. The van der Waals surface area contributed by atoms with Gasteiger partial charge in [0.15, 0.2) is 34.7 Å². The molecule has 1 aliphatic rings. The van der Waals surface area contributed by atoms with Crippen molar-refractivity contribution in [2.75, 3.05) is 12.3 Å². The van der Waals surface area contributed by atoms with E-state index >= 15 is 0 Å². The van der Waals surface area contributed by atoms with Crippen LogP contribution in [0.1, 0.15) is 53.5 Å². The van der Waals surface area contributed by atoms with Gasteiger partial charge in [-0.3, -0.25) is 9.36 Å². The maximum absolute atomic E-state index is 13.6. The molecule has 4 atom stereocenters. The molecule has 0 spiro atoms. The van der Waals surface area contributed by atoms with Crippen molar-refractivity contribution < 1.29 is 38.1 Å². The molecule has 52 heavy (non-hydrogen) atoms. The number of ketones is 1. The smallest absolute Gasteiger partial charge is 0.338 e. The molecule has 1 fully saturated rings. The van der Waals surface area contributed by atoms with Crippen LogP contribution in [0.15, 0.2) is 121 Å². The van der Waals surface area contributed by atoms with Gasteiger partial charge in [0, 0.05) is 5.56 Å². The standard InChI is InChI=1S/C38H29N5O8S/c39-31-27-33(42-32(41-31)28(44)22-13-5-1-6-14-22)43(38(52)40-27)34-30(51-37(47)25-19-11-4-12-20-25)29(50-36(46)24-17-9-3-10-18-24)26(49-34)21-48-35(45)23-15-7-2-8-16-23/h1-20,26,29-30,34H,21H2,(H,40,52)(H2,39,41,42)/t26-,29+,30-,34-/m1/s1. The third kappa shape index (κ3) is 6.92. The number of hydrogen-bond donors (Lipinski definition) is 2. The first kappa shape index (κ1) is 34.0. The number of nitrogen functional groups attached to an aromatic ring is 1. The number of H-pyrrole nitrogens is 1. The molecule has 3 N–H and O–H groups in total. The number of hydrogen-bond acceptors (Lipinski definition) is 12. The molecule has 3 heterocycles. The van der Waals surface area contributed by atoms with E-state index in [1.54, 1.807) is 121 Å². The Morgan fingerprint density at radius 3 is 1.71 bits per heavy atom. The van der Waals surface area contributed by atoms with Crippen LogP contribution in [0.5, 0.6) is 0 Å². The van der Waals surface area contributed by atoms with E-state index in [0.717, 1.165) is 0 Å². The van der Waals surface area contributed by atoms with Crippen LogP contribution in [-0.4, -0.2) is 68.1 Å². The van der Waals surface area contributed by atoms with Gasteiger partial charge in [0.2, 0.25) is 11.6 Å². The summed E-state index contributed by atoms with van der Waals surface area (Å²) in [6.45, 7) is -0.416. The largest absolute Gasteiger partial charge is 0.459 e. The Bertz CT molecular complexity index is 2320. The minimum Gasteiger partial charge on any atom is -0.459 e. The normalized spacial score (nSPS) is 18.1. The molecule has 0 radical (unpaired) electrons. The van der Waals surface area contributed by atoms with Crippen LogP contribution in [0.3, 0.4) is 0 Å². The number of carbonyl (C=O) groups is 4. The number of rotatable bonds is 10. The van der Waals surface area contributed by atoms with Crippen LogP contribution >= 0.6 is 12.2 Å². The van der Waals surface area contributed by atoms with E-state index in [0.29, 0.717) is 5.56 Å². The fraction of sp³-hybridized carbons (Fsp3) is 0.132. The molecule has 6 aromatic rings. The van der Waals surface area contributed by atoms with Crippen molar-refractivity contribution in [1.29, 1.82) is 0 Å². The molecule has 0 amide bonds. The maximum Gasteiger partial charge on any atom is 0.338 e. The van der Waals surface area contributed by atoms with E-state index in [1.807, 2.05) is 0 Å². The number of nitrogens with one attached hydrogen (secondary N) is 1. The van der Waals surface area contributed by atoms with Gasteiger partial charge in [-0.05, 0) is 48.6 Å². The number of benzene rings is 4. The second-order valence-corrected chi connectivity index (χ2v) is 12.0. The van der Waals surface area contributed by atoms with Gasteiger partial charge >= 0.3 is 17.9 Å². The van der Waals surface area contributed by atoms with Crippen LogP contribution in [0.25, 0.3) is 11.2 Å². The molecule has 1 aliphatic heterocycles. The third-order valence-electron chi connectivity index (χ3n) is 8.27. The summed E-state index contributed by atoms with van der Waals surface area (Å²) < 4.78 is 25.6. The number of nitrogens with two attached hydrogens (primary N) is 1. The van der Waals surface area contributed by atoms with Crippen LogP contribution in [-0.2, 0) is 18.9 Å². The predicted molar refractivity (Wildman–Crippen MR) is 189 cm³/mol. The number of esters is 3. The monoisotopic (exact) mass is 715 g/mol. The molecule has 0 unspecified atom stereocenters. The van der Waals surface area contributed by atoms with E-state index in [-0.39, 0.29) is 44.3 Å². The number of nitrogens with zero attached hydrogens (tertiary/aromatic N) is 3. The van der Waals surface area contributed by atoms with Gasteiger partial charge in [-0.1, -0.05) is 84.9 Å². The summed E-state index contributed by atoms with van der Waals surface area (Å²) in [4.78, 5) is 65.4. The molecule has 260 valence electrons. The third-order valence-corrected chi connectivity index (χ3v) is 8.57. The molecule has 0 aliphatic carbocycles. The first-order valence-electron chi connectivity index (χ1n) is 16.1. The van der Waals surface area contributed by atoms with Crippen molar-refractivity contribution in [2.24, 2.45) is 0 Å². The minimum atomic E-state index is -1.39. The quantitative estimate of drug-likeness (QED) is 0.0788. The van der Waals surface area contributed by atoms with E-state index in [2.05, 4.69) is 15.0 Å². The molecule has 14 heteroatoms. The first-order valence-corrected chi connectivity index (χ1v) is 16.5. The number of aromatic amines is 1. The fourth-order valence-electron chi connectivity index (χ4n) is 5.74. The van der Waals surface area contributed by atoms with Crippen molar-refractivity contribution in [3.63, 3.8) is 0 Å². The Labute approximate surface area is 300 Å². The molecule has 2 aromatic heterocycles. The Morgan fingerprint density at radius 1 is 0.692 bits per heavy atom. The van der Waals surface area contributed by atoms with Gasteiger partial charge in [-0.15, -0.1) is 0 Å². The lowest BCUT2D eigenvalue weighted by molar-refractivity contribution is -0.0611. The Kier molecular flexibility index (Phi) is 9.64. The highest BCUT2D eigenvalue weighted by Crippen LogP contribution is 2.38. The molecule has 13 nitrogen and oxygen atoms in total. The zero-order chi connectivity index (χ0) is 36.2. The topological polar surface area (TPSA) is 178 Å². The number of anilines is 1. The minimum absolute atomic E-state index is 0.0149. The van der Waals surface area contributed by atoms with Gasteiger partial charge in [-0.2, -0.15) is 0 Å². The van der Waals surface area contributed by atoms with Crippen molar-refractivity contribution in [3.05, 3.63) is 154 Å². The number of imidazole rings is 1. The highest BCUT2D eigenvalue weighted by atomic mass is 32.1. The van der Waals surface area contributed by atoms with Gasteiger partial charge < -0.3 is 29.7 Å². The predicted octanol–water partition coefficient (Wildman–Crippen LogP) is 5.51. The summed E-state index contributed by atoms with van der Waals surface area (Å²) in [5.41, 5.74) is 7.58. The summed E-state index contributed by atoms with van der Waals surface area (Å²) >= 11 is 5.71. The van der Waals surface area contributed by atoms with Crippen molar-refractivity contribution >= 4 is 52.9 Å². The summed E-state index contributed by atoms with van der Waals surface area (Å²) in [7, 11) is 0. The zero-order valence-electron chi connectivity index (χ0n) is 27.2. The van der Waals surface area contributed by atoms with Gasteiger partial charge in [0.25, 0.3) is 0 Å². The average molecular weight is 716 g/mol. The van der Waals surface area contributed by atoms with Crippen LogP contribution in [0.4, 0.5) is 5.82 Å². The molecule has 4 aromatic carbocycles. The van der Waals surface area contributed by atoms with Crippen LogP contribution < -0.4 is 5.73 Å². The lowest BCUT2D eigenvalue weighted by Crippen LogP contribution is -2.41. The average Bonchev–Trinajstić information content (AvgIpc) is 3.69. The highest BCUT2D eigenvalue weighted by molar-refractivity contribution is 7.71. The molecule has 1 saturated heterocycles. The van der Waals surface area contributed by atoms with Crippen molar-refractivity contribution in [3.8, 4) is 0 Å². The molecule has 0 bridgehead atoms. The Hall–Kier alpha value is -6.51. The zero-order valence-corrected chi connectivity index (χ0v) is 28.0. The van der Waals surface area contributed by atoms with E-state index in [4.69, 9.17) is 36.9 Å². The number of ether oxygens (including phenoxy) is 4. The second-order valence-electron chi connectivity index (χ2n) is 11.6. The lowest BCUT2D eigenvalue weighted by Gasteiger charge is -2.25. The van der Waals surface area contributed by atoms with E-state index in [1.165, 1.54) is 4.57 Å². The lowest BCUT2D eigenvalue weighted by atomic mass is 10.1.